The van der Waals surface area contributed by atoms with E-state index in [0.717, 1.165) is 31.7 Å². The summed E-state index contributed by atoms with van der Waals surface area (Å²) in [6.45, 7) is 3.72. The predicted molar refractivity (Wildman–Crippen MR) is 70.2 cm³/mol. The predicted octanol–water partition coefficient (Wildman–Crippen LogP) is 0.473. The zero-order valence-corrected chi connectivity index (χ0v) is 10.7. The normalized spacial score (nSPS) is 29.2. The minimum Gasteiger partial charge on any atom is -0.342 e. The largest absolute Gasteiger partial charge is 0.342 e. The van der Waals surface area contributed by atoms with Crippen LogP contribution < -0.4 is 5.32 Å². The highest BCUT2D eigenvalue weighted by molar-refractivity contribution is 5.84. The summed E-state index contributed by atoms with van der Waals surface area (Å²) in [4.78, 5) is 16.7. The molecule has 1 aromatic carbocycles. The fraction of sp³-hybridized carbons (Fsp3) is 0.500. The first-order chi connectivity index (χ1) is 8.77. The van der Waals surface area contributed by atoms with Crippen LogP contribution >= 0.6 is 0 Å². The second-order valence-electron chi connectivity index (χ2n) is 5.13. The van der Waals surface area contributed by atoms with E-state index in [1.165, 1.54) is 0 Å². The highest BCUT2D eigenvalue weighted by atomic mass is 16.2. The average Bonchev–Trinajstić information content (AvgIpc) is 2.41. The number of nitrogens with one attached hydrogen (secondary N) is 1. The first-order valence-corrected chi connectivity index (χ1v) is 6.54. The Morgan fingerprint density at radius 1 is 1.28 bits per heavy atom. The van der Waals surface area contributed by atoms with E-state index in [-0.39, 0.29) is 11.9 Å². The molecule has 2 aliphatic rings. The SMILES string of the molecule is CN1CC2CNCCN2C(c2ccccc2)C1=O. The quantitative estimate of drug-likeness (QED) is 0.781. The third-order valence-corrected chi connectivity index (χ3v) is 3.94. The molecule has 1 N–H and O–H groups in total. The first-order valence-electron chi connectivity index (χ1n) is 6.54. The summed E-state index contributed by atoms with van der Waals surface area (Å²) in [6, 6.07) is 10.5. The molecule has 4 nitrogen and oxygen atoms in total. The Hall–Kier alpha value is -1.39. The van der Waals surface area contributed by atoms with Crippen molar-refractivity contribution >= 4 is 5.91 Å². The van der Waals surface area contributed by atoms with Crippen LogP contribution in [0.5, 0.6) is 0 Å². The fourth-order valence-electron chi connectivity index (χ4n) is 3.01. The molecule has 0 aromatic heterocycles. The molecule has 2 saturated heterocycles. The van der Waals surface area contributed by atoms with Crippen LogP contribution in [0.1, 0.15) is 11.6 Å². The van der Waals surface area contributed by atoms with Crippen LogP contribution in [0.4, 0.5) is 0 Å². The molecule has 3 rings (SSSR count). The summed E-state index contributed by atoms with van der Waals surface area (Å²) < 4.78 is 0. The van der Waals surface area contributed by atoms with Crippen molar-refractivity contribution in [2.45, 2.75) is 12.1 Å². The standard InChI is InChI=1S/C14H19N3O/c1-16-10-12-9-15-7-8-17(12)13(14(16)18)11-5-3-2-4-6-11/h2-6,12-13,15H,7-10H2,1H3. The summed E-state index contributed by atoms with van der Waals surface area (Å²) in [5, 5.41) is 3.41. The first kappa shape index (κ1) is 11.7. The minimum absolute atomic E-state index is 0.1000. The number of benzene rings is 1. The molecular weight excluding hydrogens is 226 g/mol. The summed E-state index contributed by atoms with van der Waals surface area (Å²) in [6.07, 6.45) is 0. The third kappa shape index (κ3) is 1.91. The van der Waals surface area contributed by atoms with Gasteiger partial charge < -0.3 is 10.2 Å². The van der Waals surface area contributed by atoms with Gasteiger partial charge in [-0.1, -0.05) is 30.3 Å². The third-order valence-electron chi connectivity index (χ3n) is 3.94. The molecule has 0 aliphatic carbocycles. The monoisotopic (exact) mass is 245 g/mol. The lowest BCUT2D eigenvalue weighted by atomic mass is 9.97. The molecule has 0 saturated carbocycles. The summed E-state index contributed by atoms with van der Waals surface area (Å²) in [5.41, 5.74) is 1.11. The number of carbonyl (C=O) groups is 1. The molecule has 18 heavy (non-hydrogen) atoms. The van der Waals surface area contributed by atoms with Crippen LogP contribution in [-0.4, -0.2) is 55.0 Å². The van der Waals surface area contributed by atoms with Crippen LogP contribution in [0.15, 0.2) is 30.3 Å². The average molecular weight is 245 g/mol. The van der Waals surface area contributed by atoms with E-state index in [1.807, 2.05) is 30.1 Å². The van der Waals surface area contributed by atoms with E-state index in [9.17, 15) is 4.79 Å². The van der Waals surface area contributed by atoms with Crippen molar-refractivity contribution < 1.29 is 4.79 Å². The maximum Gasteiger partial charge on any atom is 0.244 e. The van der Waals surface area contributed by atoms with Crippen molar-refractivity contribution in [2.75, 3.05) is 33.2 Å². The van der Waals surface area contributed by atoms with Gasteiger partial charge >= 0.3 is 0 Å². The van der Waals surface area contributed by atoms with Gasteiger partial charge in [-0.15, -0.1) is 0 Å². The van der Waals surface area contributed by atoms with E-state index in [4.69, 9.17) is 0 Å². The number of rotatable bonds is 1. The number of nitrogens with zero attached hydrogens (tertiary/aromatic N) is 2. The molecule has 1 aromatic rings. The van der Waals surface area contributed by atoms with Gasteiger partial charge in [0.15, 0.2) is 0 Å². The maximum atomic E-state index is 12.4. The highest BCUT2D eigenvalue weighted by Gasteiger charge is 2.40. The number of hydrogen-bond acceptors (Lipinski definition) is 3. The smallest absolute Gasteiger partial charge is 0.244 e. The molecule has 0 bridgehead atoms. The zero-order chi connectivity index (χ0) is 12.5. The minimum atomic E-state index is -0.1000. The van der Waals surface area contributed by atoms with Gasteiger partial charge in [-0.05, 0) is 5.56 Å². The van der Waals surface area contributed by atoms with Gasteiger partial charge in [-0.2, -0.15) is 0 Å². The van der Waals surface area contributed by atoms with Gasteiger partial charge in [0, 0.05) is 39.3 Å². The molecule has 2 fully saturated rings. The Balaban J connectivity index is 1.95. The van der Waals surface area contributed by atoms with E-state index < -0.39 is 0 Å². The molecular formula is C14H19N3O. The Labute approximate surface area is 108 Å². The summed E-state index contributed by atoms with van der Waals surface area (Å²) in [5.74, 6) is 0.222. The maximum absolute atomic E-state index is 12.4. The Kier molecular flexibility index (Phi) is 3.06. The van der Waals surface area contributed by atoms with Gasteiger partial charge in [-0.25, -0.2) is 0 Å². The zero-order valence-electron chi connectivity index (χ0n) is 10.7. The number of amides is 1. The van der Waals surface area contributed by atoms with Crippen molar-refractivity contribution in [3.8, 4) is 0 Å². The number of carbonyl (C=O) groups excluding carboxylic acids is 1. The number of likely N-dealkylation sites (N-methyl/N-ethyl adjacent to an activating group) is 1. The van der Waals surface area contributed by atoms with Gasteiger partial charge in [-0.3, -0.25) is 9.69 Å². The van der Waals surface area contributed by atoms with Crippen LogP contribution in [-0.2, 0) is 4.79 Å². The molecule has 2 atom stereocenters. The van der Waals surface area contributed by atoms with Gasteiger partial charge in [0.25, 0.3) is 0 Å². The molecule has 0 radical (unpaired) electrons. The van der Waals surface area contributed by atoms with Gasteiger partial charge in [0.2, 0.25) is 5.91 Å². The van der Waals surface area contributed by atoms with Gasteiger partial charge in [0.1, 0.15) is 6.04 Å². The fourth-order valence-corrected chi connectivity index (χ4v) is 3.01. The van der Waals surface area contributed by atoms with Crippen molar-refractivity contribution in [2.24, 2.45) is 0 Å². The van der Waals surface area contributed by atoms with Crippen molar-refractivity contribution in [3.63, 3.8) is 0 Å². The lowest BCUT2D eigenvalue weighted by molar-refractivity contribution is -0.144. The molecule has 2 aliphatic heterocycles. The van der Waals surface area contributed by atoms with E-state index >= 15 is 0 Å². The topological polar surface area (TPSA) is 35.6 Å². The number of hydrogen-bond donors (Lipinski definition) is 1. The molecule has 1 amide bonds. The van der Waals surface area contributed by atoms with Crippen LogP contribution in [0.25, 0.3) is 0 Å². The highest BCUT2D eigenvalue weighted by Crippen LogP contribution is 2.29. The summed E-state index contributed by atoms with van der Waals surface area (Å²) in [7, 11) is 1.91. The lowest BCUT2D eigenvalue weighted by Gasteiger charge is -2.47. The Bertz CT molecular complexity index is 434. The van der Waals surface area contributed by atoms with E-state index in [0.29, 0.717) is 6.04 Å². The molecule has 4 heteroatoms. The van der Waals surface area contributed by atoms with E-state index in [2.05, 4.69) is 22.3 Å². The molecule has 96 valence electrons. The van der Waals surface area contributed by atoms with Crippen molar-refractivity contribution in [3.05, 3.63) is 35.9 Å². The number of piperazine rings is 2. The van der Waals surface area contributed by atoms with Crippen LogP contribution in [0, 0.1) is 0 Å². The lowest BCUT2D eigenvalue weighted by Crippen LogP contribution is -2.63. The second-order valence-corrected chi connectivity index (χ2v) is 5.13. The van der Waals surface area contributed by atoms with Crippen molar-refractivity contribution in [1.29, 1.82) is 0 Å². The van der Waals surface area contributed by atoms with E-state index in [1.54, 1.807) is 0 Å². The summed E-state index contributed by atoms with van der Waals surface area (Å²) >= 11 is 0. The molecule has 0 spiro atoms. The Morgan fingerprint density at radius 2 is 2.06 bits per heavy atom. The molecule has 2 heterocycles. The molecule has 2 unspecified atom stereocenters. The van der Waals surface area contributed by atoms with Crippen molar-refractivity contribution in [1.82, 2.24) is 15.1 Å². The van der Waals surface area contributed by atoms with Gasteiger partial charge in [0.05, 0.1) is 0 Å². The Morgan fingerprint density at radius 3 is 2.83 bits per heavy atom. The van der Waals surface area contributed by atoms with Crippen LogP contribution in [0.3, 0.4) is 0 Å². The van der Waals surface area contributed by atoms with Crippen LogP contribution in [0.2, 0.25) is 0 Å². The second kappa shape index (κ2) is 4.71. The number of fused-ring (bicyclic) bond motifs is 1.